The molecule has 2 saturated heterocycles. The van der Waals surface area contributed by atoms with Crippen LogP contribution in [0.4, 0.5) is 0 Å². The molecule has 7 heteroatoms. The molecule has 0 bridgehead atoms. The number of methoxy groups -OCH3 is 1. The van der Waals surface area contributed by atoms with Gasteiger partial charge in [0.15, 0.2) is 0 Å². The maximum absolute atomic E-state index is 13.2. The lowest BCUT2D eigenvalue weighted by atomic mass is 9.94. The second-order valence-corrected chi connectivity index (χ2v) is 8.46. The molecular formula is C25H26ClNO5. The predicted molar refractivity (Wildman–Crippen MR) is 122 cm³/mol. The number of ether oxygens (including phenoxy) is 2. The number of rotatable bonds is 6. The molecule has 32 heavy (non-hydrogen) atoms. The van der Waals surface area contributed by atoms with Crippen LogP contribution in [0.2, 0.25) is 5.02 Å². The quantitative estimate of drug-likeness (QED) is 0.394. The van der Waals surface area contributed by atoms with Gasteiger partial charge in [0.05, 0.1) is 30.4 Å². The fourth-order valence-corrected chi connectivity index (χ4v) is 4.54. The Labute approximate surface area is 192 Å². The Morgan fingerprint density at radius 3 is 2.59 bits per heavy atom. The van der Waals surface area contributed by atoms with Crippen molar-refractivity contribution >= 4 is 29.1 Å². The van der Waals surface area contributed by atoms with Crippen molar-refractivity contribution < 1.29 is 24.2 Å². The molecule has 1 amide bonds. The molecule has 2 aromatic carbocycles. The maximum Gasteiger partial charge on any atom is 0.295 e. The third kappa shape index (κ3) is 4.12. The summed E-state index contributed by atoms with van der Waals surface area (Å²) in [4.78, 5) is 27.8. The normalized spacial score (nSPS) is 22.5. The molecule has 0 radical (unpaired) electrons. The van der Waals surface area contributed by atoms with E-state index >= 15 is 0 Å². The van der Waals surface area contributed by atoms with Crippen molar-refractivity contribution in [2.75, 3.05) is 20.3 Å². The lowest BCUT2D eigenvalue weighted by molar-refractivity contribution is -0.140. The van der Waals surface area contributed by atoms with Crippen LogP contribution in [-0.4, -0.2) is 48.1 Å². The first-order chi connectivity index (χ1) is 15.4. The van der Waals surface area contributed by atoms with Crippen molar-refractivity contribution in [3.63, 3.8) is 0 Å². The third-order valence-electron chi connectivity index (χ3n) is 6.08. The van der Waals surface area contributed by atoms with Gasteiger partial charge in [0, 0.05) is 18.2 Å². The maximum atomic E-state index is 13.2. The third-order valence-corrected chi connectivity index (χ3v) is 6.32. The summed E-state index contributed by atoms with van der Waals surface area (Å²) in [6.45, 7) is 2.99. The van der Waals surface area contributed by atoms with Crippen LogP contribution in [0.3, 0.4) is 0 Å². The summed E-state index contributed by atoms with van der Waals surface area (Å²) in [5, 5.41) is 11.6. The fraction of sp³-hybridized carbons (Fsp3) is 0.360. The Hall–Kier alpha value is -2.83. The molecule has 4 rings (SSSR count). The average molecular weight is 456 g/mol. The first-order valence-electron chi connectivity index (χ1n) is 10.8. The van der Waals surface area contributed by atoms with Gasteiger partial charge >= 0.3 is 0 Å². The second-order valence-electron chi connectivity index (χ2n) is 8.03. The molecule has 1 N–H and O–H groups in total. The first kappa shape index (κ1) is 22.4. The molecule has 0 aromatic heterocycles. The smallest absolute Gasteiger partial charge is 0.295 e. The number of ketones is 1. The van der Waals surface area contributed by atoms with Gasteiger partial charge in [0.1, 0.15) is 11.5 Å². The Morgan fingerprint density at radius 1 is 1.22 bits per heavy atom. The van der Waals surface area contributed by atoms with Crippen molar-refractivity contribution in [2.45, 2.75) is 38.3 Å². The molecule has 0 aliphatic carbocycles. The number of Topliss-reactive ketones (excluding diaryl/α,β-unsaturated/α-hetero) is 1. The second kappa shape index (κ2) is 9.35. The van der Waals surface area contributed by atoms with Crippen molar-refractivity contribution in [2.24, 2.45) is 0 Å². The molecule has 2 aliphatic heterocycles. The van der Waals surface area contributed by atoms with Crippen molar-refractivity contribution in [1.29, 1.82) is 0 Å². The van der Waals surface area contributed by atoms with E-state index in [9.17, 15) is 14.7 Å². The van der Waals surface area contributed by atoms with Gasteiger partial charge < -0.3 is 19.5 Å². The highest BCUT2D eigenvalue weighted by Crippen LogP contribution is 2.42. The molecule has 0 saturated carbocycles. The summed E-state index contributed by atoms with van der Waals surface area (Å²) in [6, 6.07) is 11.8. The number of benzene rings is 2. The van der Waals surface area contributed by atoms with E-state index in [-0.39, 0.29) is 29.5 Å². The molecule has 2 heterocycles. The van der Waals surface area contributed by atoms with E-state index in [4.69, 9.17) is 21.1 Å². The van der Waals surface area contributed by atoms with Gasteiger partial charge in [-0.1, -0.05) is 42.8 Å². The van der Waals surface area contributed by atoms with E-state index in [0.717, 1.165) is 30.4 Å². The van der Waals surface area contributed by atoms with Gasteiger partial charge in [-0.15, -0.1) is 0 Å². The molecule has 0 spiro atoms. The van der Waals surface area contributed by atoms with E-state index in [2.05, 4.69) is 6.92 Å². The van der Waals surface area contributed by atoms with Gasteiger partial charge in [-0.05, 0) is 48.6 Å². The van der Waals surface area contributed by atoms with Crippen LogP contribution >= 0.6 is 11.6 Å². The van der Waals surface area contributed by atoms with Crippen LogP contribution < -0.4 is 4.74 Å². The number of halogens is 1. The van der Waals surface area contributed by atoms with E-state index in [0.29, 0.717) is 17.4 Å². The minimum atomic E-state index is -0.730. The zero-order valence-corrected chi connectivity index (χ0v) is 18.9. The molecule has 6 nitrogen and oxygen atoms in total. The lowest BCUT2D eigenvalue weighted by Crippen LogP contribution is -2.36. The number of hydrogen-bond acceptors (Lipinski definition) is 5. The Balaban J connectivity index is 1.86. The fourth-order valence-electron chi connectivity index (χ4n) is 4.37. The summed E-state index contributed by atoms with van der Waals surface area (Å²) in [6.07, 6.45) is 2.48. The van der Waals surface area contributed by atoms with Crippen LogP contribution in [0.15, 0.2) is 48.0 Å². The van der Waals surface area contributed by atoms with Gasteiger partial charge in [0.25, 0.3) is 11.7 Å². The van der Waals surface area contributed by atoms with Crippen molar-refractivity contribution in [3.05, 3.63) is 69.8 Å². The molecule has 2 aromatic rings. The SMILES string of the molecule is CCc1ccc(C2/C(=C(\O)c3cc(Cl)ccc3OC)C(=O)C(=O)N2CC2CCCO2)cc1. The summed E-state index contributed by atoms with van der Waals surface area (Å²) in [7, 11) is 1.47. The van der Waals surface area contributed by atoms with Crippen LogP contribution in [0, 0.1) is 0 Å². The van der Waals surface area contributed by atoms with Gasteiger partial charge in [-0.25, -0.2) is 0 Å². The first-order valence-corrected chi connectivity index (χ1v) is 11.1. The number of amides is 1. The Kier molecular flexibility index (Phi) is 6.53. The molecular weight excluding hydrogens is 430 g/mol. The summed E-state index contributed by atoms with van der Waals surface area (Å²) >= 11 is 6.15. The van der Waals surface area contributed by atoms with Crippen molar-refractivity contribution in [3.8, 4) is 5.75 Å². The molecule has 2 aliphatic rings. The summed E-state index contributed by atoms with van der Waals surface area (Å²) < 4.78 is 11.1. The summed E-state index contributed by atoms with van der Waals surface area (Å²) in [5.41, 5.74) is 2.19. The van der Waals surface area contributed by atoms with E-state index in [1.54, 1.807) is 12.1 Å². The zero-order chi connectivity index (χ0) is 22.8. The van der Waals surface area contributed by atoms with Crippen molar-refractivity contribution in [1.82, 2.24) is 4.90 Å². The largest absolute Gasteiger partial charge is 0.507 e. The monoisotopic (exact) mass is 455 g/mol. The average Bonchev–Trinajstić information content (AvgIpc) is 3.41. The number of likely N-dealkylation sites (tertiary alicyclic amines) is 1. The highest BCUT2D eigenvalue weighted by atomic mass is 35.5. The Morgan fingerprint density at radius 2 is 1.97 bits per heavy atom. The highest BCUT2D eigenvalue weighted by molar-refractivity contribution is 6.46. The topological polar surface area (TPSA) is 76.1 Å². The number of aliphatic hydroxyl groups excluding tert-OH is 1. The van der Waals surface area contributed by atoms with Gasteiger partial charge in [-0.3, -0.25) is 9.59 Å². The number of carbonyl (C=O) groups excluding carboxylic acids is 2. The molecule has 2 fully saturated rings. The zero-order valence-electron chi connectivity index (χ0n) is 18.1. The van der Waals surface area contributed by atoms with Gasteiger partial charge in [0.2, 0.25) is 0 Å². The number of aliphatic hydroxyl groups is 1. The molecule has 2 unspecified atom stereocenters. The van der Waals surface area contributed by atoms with Crippen LogP contribution in [0.1, 0.15) is 42.5 Å². The Bertz CT molecular complexity index is 1060. The minimum absolute atomic E-state index is 0.0258. The van der Waals surface area contributed by atoms with Crippen LogP contribution in [0.5, 0.6) is 5.75 Å². The van der Waals surface area contributed by atoms with E-state index in [1.807, 2.05) is 24.3 Å². The standard InChI is InChI=1S/C25H26ClNO5/c1-3-15-6-8-16(9-7-15)22-21(23(28)19-13-17(26)10-11-20(19)31-2)24(29)25(30)27(22)14-18-5-4-12-32-18/h6-11,13,18,22,28H,3-5,12,14H2,1-2H3/b23-21+. The summed E-state index contributed by atoms with van der Waals surface area (Å²) in [5.74, 6) is -1.32. The molecule has 2 atom stereocenters. The van der Waals surface area contributed by atoms with E-state index < -0.39 is 17.7 Å². The number of nitrogens with zero attached hydrogens (tertiary/aromatic N) is 1. The molecule has 168 valence electrons. The van der Waals surface area contributed by atoms with E-state index in [1.165, 1.54) is 18.1 Å². The number of carbonyl (C=O) groups is 2. The van der Waals surface area contributed by atoms with Gasteiger partial charge in [-0.2, -0.15) is 0 Å². The lowest BCUT2D eigenvalue weighted by Gasteiger charge is -2.27. The predicted octanol–water partition coefficient (Wildman–Crippen LogP) is 4.51. The number of hydrogen-bond donors (Lipinski definition) is 1. The number of aryl methyl sites for hydroxylation is 1. The van der Waals surface area contributed by atoms with Crippen LogP contribution in [-0.2, 0) is 20.7 Å². The highest BCUT2D eigenvalue weighted by Gasteiger charge is 2.47. The minimum Gasteiger partial charge on any atom is -0.507 e. The van der Waals surface area contributed by atoms with Crippen LogP contribution in [0.25, 0.3) is 5.76 Å².